The van der Waals surface area contributed by atoms with Crippen LogP contribution in [0.15, 0.2) is 12.3 Å². The molecule has 11 heavy (non-hydrogen) atoms. The number of rotatable bonds is 2. The predicted octanol–water partition coefficient (Wildman–Crippen LogP) is 1.56. The van der Waals surface area contributed by atoms with Crippen molar-refractivity contribution < 1.29 is 0 Å². The summed E-state index contributed by atoms with van der Waals surface area (Å²) in [5, 5.41) is 4.14. The molecule has 0 saturated heterocycles. The van der Waals surface area contributed by atoms with Crippen LogP contribution in [0.1, 0.15) is 5.69 Å². The van der Waals surface area contributed by atoms with Gasteiger partial charge in [0.2, 0.25) is 0 Å². The van der Waals surface area contributed by atoms with Crippen LogP contribution in [0.2, 0.25) is 0 Å². The van der Waals surface area contributed by atoms with Crippen LogP contribution in [0, 0.1) is 0 Å². The molecule has 1 aromatic heterocycles. The summed E-state index contributed by atoms with van der Waals surface area (Å²) in [4.78, 5) is 0. The molecule has 0 unspecified atom stereocenters. The zero-order valence-corrected chi connectivity index (χ0v) is 8.76. The number of aryl methyl sites for hydroxylation is 1. The van der Waals surface area contributed by atoms with Gasteiger partial charge in [-0.2, -0.15) is 0 Å². The van der Waals surface area contributed by atoms with Crippen molar-refractivity contribution in [2.45, 2.75) is 6.16 Å². The Bertz CT molecular complexity index is 234. The molecule has 1 rings (SSSR count). The van der Waals surface area contributed by atoms with Gasteiger partial charge in [-0.3, -0.25) is 0 Å². The van der Waals surface area contributed by atoms with Crippen molar-refractivity contribution >= 4 is 7.26 Å². The van der Waals surface area contributed by atoms with Crippen molar-refractivity contribution in [2.24, 2.45) is 7.05 Å². The van der Waals surface area contributed by atoms with Crippen molar-refractivity contribution in [3.63, 3.8) is 0 Å². The molecule has 0 N–H and O–H groups in total. The molecule has 0 atom stereocenters. The first-order chi connectivity index (χ1) is 4.99. The van der Waals surface area contributed by atoms with E-state index in [1.54, 1.807) is 0 Å². The minimum atomic E-state index is -0.954. The summed E-state index contributed by atoms with van der Waals surface area (Å²) in [6.07, 6.45) is 3.10. The second-order valence-electron chi connectivity index (χ2n) is 4.18. The SMILES string of the molecule is Cn1nccc1C[PH](C)(C)C. The maximum absolute atomic E-state index is 4.14. The van der Waals surface area contributed by atoms with Crippen LogP contribution >= 0.6 is 7.26 Å². The fourth-order valence-corrected chi connectivity index (χ4v) is 2.55. The molecule has 0 radical (unpaired) electrons. The Hall–Kier alpha value is -0.360. The van der Waals surface area contributed by atoms with Gasteiger partial charge in [-0.1, -0.05) is 0 Å². The molecule has 1 heterocycles. The third-order valence-corrected chi connectivity index (χ3v) is 3.06. The fraction of sp³-hybridized carbons (Fsp3) is 0.625. The third kappa shape index (κ3) is 2.63. The Morgan fingerprint density at radius 2 is 2.09 bits per heavy atom. The Morgan fingerprint density at radius 1 is 1.45 bits per heavy atom. The molecule has 0 aliphatic heterocycles. The molecule has 64 valence electrons. The number of nitrogens with zero attached hydrogens (tertiary/aromatic N) is 2. The summed E-state index contributed by atoms with van der Waals surface area (Å²) in [6.45, 7) is 7.12. The van der Waals surface area contributed by atoms with E-state index in [1.807, 2.05) is 17.9 Å². The zero-order chi connectivity index (χ0) is 8.48. The van der Waals surface area contributed by atoms with Crippen LogP contribution in [-0.4, -0.2) is 29.8 Å². The predicted molar refractivity (Wildman–Crippen MR) is 53.0 cm³/mol. The molecule has 0 bridgehead atoms. The maximum atomic E-state index is 4.14. The Morgan fingerprint density at radius 3 is 2.45 bits per heavy atom. The first-order valence-electron chi connectivity index (χ1n) is 3.96. The van der Waals surface area contributed by atoms with Crippen LogP contribution < -0.4 is 0 Å². The number of hydrogen-bond donors (Lipinski definition) is 0. The molecule has 0 aliphatic rings. The summed E-state index contributed by atoms with van der Waals surface area (Å²) < 4.78 is 1.97. The van der Waals surface area contributed by atoms with Crippen LogP contribution in [0.4, 0.5) is 0 Å². The van der Waals surface area contributed by atoms with Crippen LogP contribution in [0.3, 0.4) is 0 Å². The summed E-state index contributed by atoms with van der Waals surface area (Å²) in [5.41, 5.74) is 1.36. The van der Waals surface area contributed by atoms with Gasteiger partial charge in [-0.15, -0.1) is 0 Å². The van der Waals surface area contributed by atoms with E-state index in [0.717, 1.165) is 0 Å². The van der Waals surface area contributed by atoms with Gasteiger partial charge in [-0.05, 0) is 0 Å². The molecule has 0 fully saturated rings. The Labute approximate surface area is 68.9 Å². The van der Waals surface area contributed by atoms with Crippen molar-refractivity contribution in [1.29, 1.82) is 0 Å². The van der Waals surface area contributed by atoms with Crippen LogP contribution in [0.5, 0.6) is 0 Å². The number of hydrogen-bond acceptors (Lipinski definition) is 1. The first-order valence-corrected chi connectivity index (χ1v) is 7.67. The summed E-state index contributed by atoms with van der Waals surface area (Å²) in [5.74, 6) is 0. The van der Waals surface area contributed by atoms with E-state index in [9.17, 15) is 0 Å². The second kappa shape index (κ2) is 2.94. The van der Waals surface area contributed by atoms with Gasteiger partial charge in [0, 0.05) is 0 Å². The molecule has 0 saturated carbocycles. The van der Waals surface area contributed by atoms with E-state index in [0.29, 0.717) is 0 Å². The molecular formula is C8H17N2P. The van der Waals surface area contributed by atoms with Crippen LogP contribution in [-0.2, 0) is 13.2 Å². The molecule has 1 aromatic rings. The quantitative estimate of drug-likeness (QED) is 0.619. The van der Waals surface area contributed by atoms with Gasteiger partial charge in [0.1, 0.15) is 0 Å². The van der Waals surface area contributed by atoms with Crippen molar-refractivity contribution in [3.8, 4) is 0 Å². The normalized spacial score (nSPS) is 13.5. The van der Waals surface area contributed by atoms with Crippen molar-refractivity contribution in [3.05, 3.63) is 18.0 Å². The van der Waals surface area contributed by atoms with Gasteiger partial charge < -0.3 is 0 Å². The summed E-state index contributed by atoms with van der Waals surface area (Å²) in [7, 11) is 1.06. The third-order valence-electron chi connectivity index (χ3n) is 1.63. The average molecular weight is 172 g/mol. The summed E-state index contributed by atoms with van der Waals surface area (Å²) >= 11 is 0. The molecule has 3 heteroatoms. The van der Waals surface area contributed by atoms with E-state index in [-0.39, 0.29) is 0 Å². The van der Waals surface area contributed by atoms with Gasteiger partial charge in [-0.25, -0.2) is 0 Å². The monoisotopic (exact) mass is 172 g/mol. The van der Waals surface area contributed by atoms with Crippen LogP contribution in [0.25, 0.3) is 0 Å². The number of aromatic nitrogens is 2. The molecule has 0 spiro atoms. The van der Waals surface area contributed by atoms with Gasteiger partial charge in [0.25, 0.3) is 0 Å². The topological polar surface area (TPSA) is 17.8 Å². The average Bonchev–Trinajstić information content (AvgIpc) is 2.12. The van der Waals surface area contributed by atoms with E-state index < -0.39 is 7.26 Å². The fourth-order valence-electron chi connectivity index (χ4n) is 1.12. The molecule has 0 aliphatic carbocycles. The van der Waals surface area contributed by atoms with Crippen molar-refractivity contribution in [2.75, 3.05) is 20.0 Å². The molecule has 2 nitrogen and oxygen atoms in total. The zero-order valence-electron chi connectivity index (χ0n) is 7.76. The standard InChI is InChI=1S/C8H17N2P/c1-10-8(5-6-9-10)7-11(2,3)4/h5-6,11H,7H2,1-4H3. The van der Waals surface area contributed by atoms with Crippen molar-refractivity contribution in [1.82, 2.24) is 9.78 Å². The minimum absolute atomic E-state index is 0.954. The molecule has 0 aromatic carbocycles. The van der Waals surface area contributed by atoms with E-state index in [1.165, 1.54) is 11.9 Å². The van der Waals surface area contributed by atoms with Gasteiger partial charge in [0.05, 0.1) is 0 Å². The van der Waals surface area contributed by atoms with Gasteiger partial charge >= 0.3 is 68.2 Å². The van der Waals surface area contributed by atoms with Gasteiger partial charge in [0.15, 0.2) is 0 Å². The Kier molecular flexibility index (Phi) is 2.34. The Balaban J connectivity index is 2.72. The van der Waals surface area contributed by atoms with E-state index in [4.69, 9.17) is 0 Å². The molecular weight excluding hydrogens is 155 g/mol. The first kappa shape index (κ1) is 8.73. The summed E-state index contributed by atoms with van der Waals surface area (Å²) in [6, 6.07) is 2.11. The molecule has 0 amide bonds. The van der Waals surface area contributed by atoms with E-state index in [2.05, 4.69) is 31.2 Å². The second-order valence-corrected chi connectivity index (χ2v) is 9.66. The van der Waals surface area contributed by atoms with E-state index >= 15 is 0 Å².